The van der Waals surface area contributed by atoms with Crippen LogP contribution in [0, 0.1) is 0 Å². The van der Waals surface area contributed by atoms with Gasteiger partial charge in [0, 0.05) is 5.56 Å². The third kappa shape index (κ3) is 4.83. The topological polar surface area (TPSA) is 94.8 Å². The van der Waals surface area contributed by atoms with Gasteiger partial charge >= 0.3 is 5.97 Å². The minimum Gasteiger partial charge on any atom is -0.495 e. The fourth-order valence-electron chi connectivity index (χ4n) is 2.55. The lowest BCUT2D eigenvalue weighted by molar-refractivity contribution is -0.119. The number of ether oxygens (including phenoxy) is 2. The van der Waals surface area contributed by atoms with E-state index in [0.717, 1.165) is 0 Å². The van der Waals surface area contributed by atoms with Gasteiger partial charge in [-0.05, 0) is 42.5 Å². The maximum Gasteiger partial charge on any atom is 0.340 e. The smallest absolute Gasteiger partial charge is 0.340 e. The number of methoxy groups -OCH3 is 1. The lowest BCUT2D eigenvalue weighted by atomic mass is 10.1. The largest absolute Gasteiger partial charge is 0.495 e. The van der Waals surface area contributed by atoms with Gasteiger partial charge in [-0.2, -0.15) is 0 Å². The van der Waals surface area contributed by atoms with E-state index in [1.165, 1.54) is 25.3 Å². The van der Waals surface area contributed by atoms with E-state index < -0.39 is 18.5 Å². The number of anilines is 1. The molecule has 1 amide bonds. The molecule has 1 aromatic heterocycles. The van der Waals surface area contributed by atoms with Crippen LogP contribution < -0.4 is 10.1 Å². The highest BCUT2D eigenvalue weighted by atomic mass is 35.5. The molecular weight excluding hydrogens is 398 g/mol. The third-order valence-electron chi connectivity index (χ3n) is 3.93. The van der Waals surface area contributed by atoms with Crippen LogP contribution in [-0.2, 0) is 9.53 Å². The average molecular weight is 414 g/mol. The Labute approximate surface area is 171 Å². The van der Waals surface area contributed by atoms with Crippen molar-refractivity contribution >= 4 is 35.5 Å². The molecule has 1 heterocycles. The number of carbonyl (C=O) groups is 3. The number of esters is 1. The zero-order valence-electron chi connectivity index (χ0n) is 15.3. The van der Waals surface area contributed by atoms with E-state index in [9.17, 15) is 14.4 Å². The highest BCUT2D eigenvalue weighted by Crippen LogP contribution is 2.27. The van der Waals surface area contributed by atoms with Gasteiger partial charge in [0.1, 0.15) is 11.5 Å². The number of carbonyl (C=O) groups excluding carboxylic acids is 3. The summed E-state index contributed by atoms with van der Waals surface area (Å²) in [4.78, 5) is 35.3. The van der Waals surface area contributed by atoms with Gasteiger partial charge in [0.25, 0.3) is 5.91 Å². The third-order valence-corrected chi connectivity index (χ3v) is 4.26. The Kier molecular flexibility index (Phi) is 6.31. The van der Waals surface area contributed by atoms with E-state index in [-0.39, 0.29) is 16.3 Å². The Morgan fingerprint density at radius 3 is 2.66 bits per heavy atom. The molecule has 29 heavy (non-hydrogen) atoms. The van der Waals surface area contributed by atoms with Gasteiger partial charge in [0.2, 0.25) is 0 Å². The molecule has 8 heteroatoms. The summed E-state index contributed by atoms with van der Waals surface area (Å²) >= 11 is 6.09. The quantitative estimate of drug-likeness (QED) is 0.460. The van der Waals surface area contributed by atoms with Crippen LogP contribution in [0.1, 0.15) is 20.9 Å². The molecule has 0 unspecified atom stereocenters. The Bertz CT molecular complexity index is 1060. The van der Waals surface area contributed by atoms with Crippen LogP contribution in [0.15, 0.2) is 59.0 Å². The second-order valence-corrected chi connectivity index (χ2v) is 6.25. The van der Waals surface area contributed by atoms with Gasteiger partial charge in [-0.1, -0.05) is 23.7 Å². The van der Waals surface area contributed by atoms with Crippen LogP contribution in [0.5, 0.6) is 5.75 Å². The van der Waals surface area contributed by atoms with E-state index in [4.69, 9.17) is 25.5 Å². The second kappa shape index (κ2) is 9.07. The zero-order valence-corrected chi connectivity index (χ0v) is 16.1. The van der Waals surface area contributed by atoms with E-state index >= 15 is 0 Å². The van der Waals surface area contributed by atoms with Crippen LogP contribution >= 0.6 is 11.6 Å². The Balaban J connectivity index is 1.68. The van der Waals surface area contributed by atoms with Crippen molar-refractivity contribution in [1.82, 2.24) is 0 Å². The summed E-state index contributed by atoms with van der Waals surface area (Å²) in [6.07, 6.45) is 0.578. The second-order valence-electron chi connectivity index (χ2n) is 5.84. The molecule has 0 aliphatic carbocycles. The summed E-state index contributed by atoms with van der Waals surface area (Å²) in [6, 6.07) is 14.6. The molecule has 3 rings (SSSR count). The standard InChI is InChI=1S/C21H16ClNO6/c1-27-19-5-3-2-4-17(19)23-20(25)12-28-21(26)15-10-13(6-8-16(15)22)18-9-7-14(11-24)29-18/h2-11H,12H2,1H3,(H,23,25). The zero-order chi connectivity index (χ0) is 20.8. The van der Waals surface area contributed by atoms with E-state index in [1.54, 1.807) is 36.4 Å². The molecule has 0 radical (unpaired) electrons. The first kappa shape index (κ1) is 20.2. The van der Waals surface area contributed by atoms with Crippen LogP contribution in [0.2, 0.25) is 5.02 Å². The molecule has 3 aromatic rings. The van der Waals surface area contributed by atoms with Crippen LogP contribution in [0.3, 0.4) is 0 Å². The fraction of sp³-hybridized carbons (Fsp3) is 0.0952. The number of hydrogen-bond donors (Lipinski definition) is 1. The fourth-order valence-corrected chi connectivity index (χ4v) is 2.74. The number of rotatable bonds is 7. The molecule has 2 aromatic carbocycles. The molecule has 0 aliphatic heterocycles. The van der Waals surface area contributed by atoms with Crippen molar-refractivity contribution in [3.05, 3.63) is 70.9 Å². The van der Waals surface area contributed by atoms with Crippen molar-refractivity contribution in [2.75, 3.05) is 19.0 Å². The normalized spacial score (nSPS) is 10.3. The maximum atomic E-state index is 12.4. The van der Waals surface area contributed by atoms with Gasteiger partial charge in [-0.15, -0.1) is 0 Å². The molecule has 0 bridgehead atoms. The van der Waals surface area contributed by atoms with Crippen LogP contribution in [0.4, 0.5) is 5.69 Å². The van der Waals surface area contributed by atoms with Crippen molar-refractivity contribution in [1.29, 1.82) is 0 Å². The van der Waals surface area contributed by atoms with Gasteiger partial charge in [-0.3, -0.25) is 9.59 Å². The number of halogens is 1. The van der Waals surface area contributed by atoms with Crippen LogP contribution in [0.25, 0.3) is 11.3 Å². The summed E-state index contributed by atoms with van der Waals surface area (Å²) in [5.74, 6) is -0.263. The van der Waals surface area contributed by atoms with Gasteiger partial charge < -0.3 is 19.2 Å². The maximum absolute atomic E-state index is 12.4. The van der Waals surface area contributed by atoms with Crippen LogP contribution in [-0.4, -0.2) is 31.9 Å². The predicted molar refractivity (Wildman–Crippen MR) is 106 cm³/mol. The van der Waals surface area contributed by atoms with E-state index in [0.29, 0.717) is 29.0 Å². The highest BCUT2D eigenvalue weighted by Gasteiger charge is 2.17. The van der Waals surface area contributed by atoms with E-state index in [2.05, 4.69) is 5.32 Å². The summed E-state index contributed by atoms with van der Waals surface area (Å²) in [5.41, 5.74) is 1.06. The lowest BCUT2D eigenvalue weighted by Gasteiger charge is -2.10. The Morgan fingerprint density at radius 1 is 1.14 bits per heavy atom. The van der Waals surface area contributed by atoms with Gasteiger partial charge in [0.05, 0.1) is 23.4 Å². The molecule has 1 N–H and O–H groups in total. The summed E-state index contributed by atoms with van der Waals surface area (Å²) in [7, 11) is 1.48. The first-order valence-electron chi connectivity index (χ1n) is 8.46. The molecule has 0 saturated carbocycles. The molecule has 0 fully saturated rings. The Morgan fingerprint density at radius 2 is 1.93 bits per heavy atom. The number of benzene rings is 2. The molecule has 0 spiro atoms. The Hall–Kier alpha value is -3.58. The van der Waals surface area contributed by atoms with Crippen molar-refractivity contribution in [2.45, 2.75) is 0 Å². The molecular formula is C21H16ClNO6. The number of nitrogens with one attached hydrogen (secondary N) is 1. The molecule has 148 valence electrons. The van der Waals surface area contributed by atoms with Crippen molar-refractivity contribution in [3.63, 3.8) is 0 Å². The van der Waals surface area contributed by atoms with Gasteiger partial charge in [0.15, 0.2) is 18.7 Å². The number of amides is 1. The van der Waals surface area contributed by atoms with Crippen molar-refractivity contribution in [2.24, 2.45) is 0 Å². The van der Waals surface area contributed by atoms with E-state index in [1.807, 2.05) is 0 Å². The minimum absolute atomic E-state index is 0.0679. The summed E-state index contributed by atoms with van der Waals surface area (Å²) in [6.45, 7) is -0.506. The molecule has 0 aliphatic rings. The highest BCUT2D eigenvalue weighted by molar-refractivity contribution is 6.33. The summed E-state index contributed by atoms with van der Waals surface area (Å²) < 4.78 is 15.6. The monoisotopic (exact) mass is 413 g/mol. The van der Waals surface area contributed by atoms with Crippen molar-refractivity contribution < 1.29 is 28.3 Å². The molecule has 0 atom stereocenters. The average Bonchev–Trinajstić information content (AvgIpc) is 3.22. The predicted octanol–water partition coefficient (Wildman–Crippen LogP) is 4.22. The lowest BCUT2D eigenvalue weighted by Crippen LogP contribution is -2.21. The van der Waals surface area contributed by atoms with Gasteiger partial charge in [-0.25, -0.2) is 4.79 Å². The molecule has 7 nitrogen and oxygen atoms in total. The molecule has 0 saturated heterocycles. The SMILES string of the molecule is COc1ccccc1NC(=O)COC(=O)c1cc(-c2ccc(C=O)o2)ccc1Cl. The first-order chi connectivity index (χ1) is 14.0. The minimum atomic E-state index is -0.769. The number of para-hydroxylation sites is 2. The summed E-state index contributed by atoms with van der Waals surface area (Å²) in [5, 5.41) is 2.77. The number of hydrogen-bond acceptors (Lipinski definition) is 6. The van der Waals surface area contributed by atoms with Crippen molar-refractivity contribution in [3.8, 4) is 17.1 Å². The first-order valence-corrected chi connectivity index (χ1v) is 8.84. The number of furan rings is 1. The number of aldehydes is 1.